The monoisotopic (exact) mass is 618 g/mol. The summed E-state index contributed by atoms with van der Waals surface area (Å²) in [5, 5.41) is 2.48. The second kappa shape index (κ2) is 10.4. The third kappa shape index (κ3) is 4.07. The number of rotatable bonds is 4. The van der Waals surface area contributed by atoms with E-state index in [-0.39, 0.29) is 6.71 Å². The molecule has 220 valence electrons. The Bertz CT molecular complexity index is 2420. The van der Waals surface area contributed by atoms with Crippen molar-refractivity contribution in [1.82, 2.24) is 0 Å². The van der Waals surface area contributed by atoms with Crippen molar-refractivity contribution in [3.05, 3.63) is 164 Å². The van der Waals surface area contributed by atoms with Crippen molar-refractivity contribution in [2.24, 2.45) is 0 Å². The average molecular weight is 619 g/mol. The highest BCUT2D eigenvalue weighted by molar-refractivity contribution is 7.26. The van der Waals surface area contributed by atoms with E-state index in [4.69, 9.17) is 4.74 Å². The minimum Gasteiger partial charge on any atom is -0.458 e. The Labute approximate surface area is 277 Å². The van der Waals surface area contributed by atoms with Gasteiger partial charge in [0.2, 0.25) is 0 Å². The molecule has 2 aliphatic rings. The molecule has 47 heavy (non-hydrogen) atoms. The van der Waals surface area contributed by atoms with E-state index >= 15 is 0 Å². The fourth-order valence-corrected chi connectivity index (χ4v) is 8.65. The third-order valence-electron chi connectivity index (χ3n) is 9.48. The predicted octanol–water partition coefficient (Wildman–Crippen LogP) is 9.93. The number of fused-ring (bicyclic) bond motifs is 7. The number of para-hydroxylation sites is 4. The molecule has 0 unspecified atom stereocenters. The minimum atomic E-state index is 0.0814. The van der Waals surface area contributed by atoms with Gasteiger partial charge in [-0.2, -0.15) is 0 Å². The summed E-state index contributed by atoms with van der Waals surface area (Å²) in [7, 11) is 0. The lowest BCUT2D eigenvalue weighted by Gasteiger charge is -2.39. The number of nitrogens with zero attached hydrogens (tertiary/aromatic N) is 2. The summed E-state index contributed by atoms with van der Waals surface area (Å²) in [6.45, 7) is 0.0814. The molecule has 0 saturated carbocycles. The number of ether oxygens (including phenoxy) is 1. The van der Waals surface area contributed by atoms with Crippen LogP contribution < -0.4 is 30.9 Å². The van der Waals surface area contributed by atoms with Crippen molar-refractivity contribution in [3.8, 4) is 11.5 Å². The van der Waals surface area contributed by atoms with Crippen LogP contribution in [0, 0.1) is 0 Å². The summed E-state index contributed by atoms with van der Waals surface area (Å²) in [6, 6.07) is 58.7. The van der Waals surface area contributed by atoms with E-state index in [9.17, 15) is 0 Å². The molecule has 0 N–H and O–H groups in total. The molecule has 10 rings (SSSR count). The van der Waals surface area contributed by atoms with Gasteiger partial charge in [-0.1, -0.05) is 84.9 Å². The highest BCUT2D eigenvalue weighted by atomic mass is 32.1. The molecule has 0 spiro atoms. The molecule has 0 bridgehead atoms. The van der Waals surface area contributed by atoms with Crippen LogP contribution in [0.1, 0.15) is 0 Å². The van der Waals surface area contributed by atoms with Gasteiger partial charge in [0.1, 0.15) is 11.5 Å². The zero-order valence-electron chi connectivity index (χ0n) is 25.4. The summed E-state index contributed by atoms with van der Waals surface area (Å²) in [5.74, 6) is 1.87. The first-order valence-corrected chi connectivity index (χ1v) is 16.8. The van der Waals surface area contributed by atoms with E-state index in [2.05, 4.69) is 174 Å². The van der Waals surface area contributed by atoms with Crippen LogP contribution in [0.15, 0.2) is 164 Å². The predicted molar refractivity (Wildman–Crippen MR) is 200 cm³/mol. The summed E-state index contributed by atoms with van der Waals surface area (Å²) < 4.78 is 9.33. The van der Waals surface area contributed by atoms with Crippen molar-refractivity contribution < 1.29 is 4.74 Å². The van der Waals surface area contributed by atoms with Gasteiger partial charge >= 0.3 is 0 Å². The van der Waals surface area contributed by atoms with Crippen molar-refractivity contribution in [2.45, 2.75) is 0 Å². The van der Waals surface area contributed by atoms with Gasteiger partial charge in [0.25, 0.3) is 6.71 Å². The normalized spacial score (nSPS) is 12.8. The molecule has 0 aliphatic carbocycles. The Kier molecular flexibility index (Phi) is 5.84. The fraction of sp³-hybridized carbons (Fsp3) is 0. The molecule has 3 nitrogen and oxygen atoms in total. The van der Waals surface area contributed by atoms with Crippen molar-refractivity contribution in [1.29, 1.82) is 0 Å². The topological polar surface area (TPSA) is 15.7 Å². The quantitative estimate of drug-likeness (QED) is 0.183. The average Bonchev–Trinajstić information content (AvgIpc) is 3.48. The van der Waals surface area contributed by atoms with Crippen LogP contribution in [-0.4, -0.2) is 6.71 Å². The molecule has 2 aliphatic heterocycles. The molecule has 0 amide bonds. The van der Waals surface area contributed by atoms with Crippen LogP contribution in [0.4, 0.5) is 34.1 Å². The van der Waals surface area contributed by atoms with Crippen LogP contribution in [0.25, 0.3) is 20.2 Å². The Morgan fingerprint density at radius 2 is 1.15 bits per heavy atom. The molecule has 0 fully saturated rings. The van der Waals surface area contributed by atoms with Gasteiger partial charge in [-0.25, -0.2) is 0 Å². The second-order valence-electron chi connectivity index (χ2n) is 12.1. The third-order valence-corrected chi connectivity index (χ3v) is 10.6. The maximum atomic E-state index is 6.80. The zero-order chi connectivity index (χ0) is 30.9. The summed E-state index contributed by atoms with van der Waals surface area (Å²) in [4.78, 5) is 4.71. The molecule has 3 heterocycles. The van der Waals surface area contributed by atoms with Crippen LogP contribution in [0.3, 0.4) is 0 Å². The van der Waals surface area contributed by atoms with E-state index in [0.717, 1.165) is 34.2 Å². The van der Waals surface area contributed by atoms with E-state index in [0.29, 0.717) is 0 Å². The SMILES string of the molecule is c1ccc(N(c2ccccc2)c2ccc3c(c2)sc2cc4c(cc23)Oc2cccc3c2B4c2ccccc2N3c2ccccc2)cc1. The Morgan fingerprint density at radius 3 is 1.91 bits per heavy atom. The molecular formula is C42H27BN2OS. The van der Waals surface area contributed by atoms with Crippen molar-refractivity contribution >= 4 is 88.7 Å². The standard InChI is InChI=1S/C42H27BN2OS/c1-4-13-28(14-5-1)44(29-15-6-2-7-16-29)31-23-24-32-33-26-39-35(27-41(33)47-40(32)25-31)43-34-19-10-11-20-36(34)45(30-17-8-3-9-18-30)37-21-12-22-38(46-39)42(37)43/h1-27H. The van der Waals surface area contributed by atoms with E-state index in [1.54, 1.807) is 0 Å². The maximum absolute atomic E-state index is 6.80. The van der Waals surface area contributed by atoms with Gasteiger partial charge < -0.3 is 14.5 Å². The maximum Gasteiger partial charge on any atom is 0.256 e. The Hall–Kier alpha value is -5.78. The molecule has 7 aromatic carbocycles. The van der Waals surface area contributed by atoms with Crippen molar-refractivity contribution in [3.63, 3.8) is 0 Å². The number of hydrogen-bond donors (Lipinski definition) is 0. The first kappa shape index (κ1) is 26.4. The van der Waals surface area contributed by atoms with Gasteiger partial charge in [-0.05, 0) is 95.3 Å². The highest BCUT2D eigenvalue weighted by Crippen LogP contribution is 2.44. The minimum absolute atomic E-state index is 0.0814. The smallest absolute Gasteiger partial charge is 0.256 e. The number of anilines is 6. The lowest BCUT2D eigenvalue weighted by Crippen LogP contribution is -2.59. The summed E-state index contributed by atoms with van der Waals surface area (Å²) in [6.07, 6.45) is 0. The van der Waals surface area contributed by atoms with Crippen molar-refractivity contribution in [2.75, 3.05) is 9.80 Å². The lowest BCUT2D eigenvalue weighted by atomic mass is 9.34. The number of hydrogen-bond acceptors (Lipinski definition) is 4. The molecule has 0 saturated heterocycles. The van der Waals surface area contributed by atoms with Crippen LogP contribution in [-0.2, 0) is 0 Å². The van der Waals surface area contributed by atoms with Crippen LogP contribution in [0.5, 0.6) is 11.5 Å². The van der Waals surface area contributed by atoms with Gasteiger partial charge in [-0.3, -0.25) is 0 Å². The molecular weight excluding hydrogens is 591 g/mol. The Balaban J connectivity index is 1.15. The van der Waals surface area contributed by atoms with E-state index < -0.39 is 0 Å². The highest BCUT2D eigenvalue weighted by Gasteiger charge is 2.41. The van der Waals surface area contributed by atoms with Gasteiger partial charge in [0, 0.05) is 54.3 Å². The molecule has 0 radical (unpaired) electrons. The molecule has 0 atom stereocenters. The van der Waals surface area contributed by atoms with E-state index in [1.807, 2.05) is 11.3 Å². The van der Waals surface area contributed by atoms with Gasteiger partial charge in [0.05, 0.1) is 0 Å². The lowest BCUT2D eigenvalue weighted by molar-refractivity contribution is 0.488. The largest absolute Gasteiger partial charge is 0.458 e. The van der Waals surface area contributed by atoms with Crippen LogP contribution >= 0.6 is 11.3 Å². The zero-order valence-corrected chi connectivity index (χ0v) is 26.2. The van der Waals surface area contributed by atoms with Gasteiger partial charge in [0.15, 0.2) is 0 Å². The first-order valence-electron chi connectivity index (χ1n) is 16.0. The first-order chi connectivity index (χ1) is 23.3. The fourth-order valence-electron chi connectivity index (χ4n) is 7.49. The van der Waals surface area contributed by atoms with E-state index in [1.165, 1.54) is 47.9 Å². The number of thiophene rings is 1. The molecule has 1 aromatic heterocycles. The summed E-state index contributed by atoms with van der Waals surface area (Å²) in [5.41, 5.74) is 10.7. The Morgan fingerprint density at radius 1 is 0.489 bits per heavy atom. The molecule has 5 heteroatoms. The molecule has 8 aromatic rings. The number of benzene rings is 7. The second-order valence-corrected chi connectivity index (χ2v) is 13.2. The van der Waals surface area contributed by atoms with Crippen LogP contribution in [0.2, 0.25) is 0 Å². The van der Waals surface area contributed by atoms with Gasteiger partial charge in [-0.15, -0.1) is 11.3 Å². The summed E-state index contributed by atoms with van der Waals surface area (Å²) >= 11 is 1.86.